The monoisotopic (exact) mass is 390 g/mol. The average Bonchev–Trinajstić information content (AvgIpc) is 3.22. The Morgan fingerprint density at radius 3 is 2.71 bits per heavy atom. The zero-order chi connectivity index (χ0) is 20.3. The molecule has 0 spiro atoms. The van der Waals surface area contributed by atoms with Crippen LogP contribution in [0.3, 0.4) is 0 Å². The molecule has 0 unspecified atom stereocenters. The molecule has 1 aromatic heterocycles. The van der Waals surface area contributed by atoms with E-state index in [9.17, 15) is 19.8 Å². The third-order valence-electron chi connectivity index (χ3n) is 4.51. The fourth-order valence-electron chi connectivity index (χ4n) is 3.00. The summed E-state index contributed by atoms with van der Waals surface area (Å²) in [6.07, 6.45) is -0.900. The molecule has 1 amide bonds. The van der Waals surface area contributed by atoms with Crippen molar-refractivity contribution in [3.63, 3.8) is 0 Å². The minimum absolute atomic E-state index is 0.112. The second kappa shape index (κ2) is 8.38. The van der Waals surface area contributed by atoms with Crippen LogP contribution in [0.2, 0.25) is 0 Å². The van der Waals surface area contributed by atoms with Gasteiger partial charge in [-0.1, -0.05) is 30.3 Å². The summed E-state index contributed by atoms with van der Waals surface area (Å²) in [5.41, 5.74) is 11.6. The minimum atomic E-state index is -0.943. The van der Waals surface area contributed by atoms with Crippen LogP contribution >= 0.6 is 0 Å². The van der Waals surface area contributed by atoms with Gasteiger partial charge in [-0.3, -0.25) is 14.2 Å². The van der Waals surface area contributed by atoms with E-state index < -0.39 is 42.2 Å². The van der Waals surface area contributed by atoms with Crippen molar-refractivity contribution in [3.8, 4) is 5.88 Å². The third kappa shape index (κ3) is 4.30. The Labute approximate surface area is 160 Å². The van der Waals surface area contributed by atoms with Gasteiger partial charge in [0.15, 0.2) is 5.69 Å². The van der Waals surface area contributed by atoms with Gasteiger partial charge in [-0.15, -0.1) is 0 Å². The first-order valence-electron chi connectivity index (χ1n) is 8.72. The van der Waals surface area contributed by atoms with E-state index in [-0.39, 0.29) is 18.7 Å². The molecule has 0 bridgehead atoms. The molecule has 0 saturated carbocycles. The molecule has 6 N–H and O–H groups in total. The molecular weight excluding hydrogens is 368 g/mol. The van der Waals surface area contributed by atoms with Crippen molar-refractivity contribution >= 4 is 11.9 Å². The first-order chi connectivity index (χ1) is 13.4. The summed E-state index contributed by atoms with van der Waals surface area (Å²) in [5.74, 6) is -1.94. The van der Waals surface area contributed by atoms with Crippen molar-refractivity contribution in [3.05, 3.63) is 47.9 Å². The number of imidazole rings is 1. The van der Waals surface area contributed by atoms with E-state index >= 15 is 0 Å². The predicted molar refractivity (Wildman–Crippen MR) is 96.0 cm³/mol. The number of esters is 1. The number of carbonyl (C=O) groups is 2. The number of amides is 1. The zero-order valence-electron chi connectivity index (χ0n) is 15.0. The molecule has 1 saturated heterocycles. The summed E-state index contributed by atoms with van der Waals surface area (Å²) in [7, 11) is 0. The van der Waals surface area contributed by atoms with Crippen molar-refractivity contribution in [1.29, 1.82) is 0 Å². The number of hydrogen-bond donors (Lipinski definition) is 4. The standard InChI is InChI=1S/C18H22N4O6/c19-11(6-10-4-2-1-3-5-10)18(26)27-8-13-12(23)7-14(28-13)22-9-21-15(16(20)24)17(22)25/h1-5,9,11-14,23,25H,6-8,19H2,(H2,20,24)/t11-,12-,13+,14+/m0/s1. The van der Waals surface area contributed by atoms with Crippen LogP contribution in [0.5, 0.6) is 5.88 Å². The quantitative estimate of drug-likeness (QED) is 0.458. The number of primary amides is 1. The lowest BCUT2D eigenvalue weighted by Crippen LogP contribution is -2.37. The van der Waals surface area contributed by atoms with Crippen molar-refractivity contribution in [2.24, 2.45) is 11.5 Å². The Morgan fingerprint density at radius 2 is 2.07 bits per heavy atom. The van der Waals surface area contributed by atoms with E-state index in [1.54, 1.807) is 0 Å². The van der Waals surface area contributed by atoms with Gasteiger partial charge in [-0.25, -0.2) is 4.98 Å². The number of nitrogens with zero attached hydrogens (tertiary/aromatic N) is 2. The van der Waals surface area contributed by atoms with E-state index in [1.807, 2.05) is 30.3 Å². The summed E-state index contributed by atoms with van der Waals surface area (Å²) < 4.78 is 12.0. The van der Waals surface area contributed by atoms with Crippen LogP contribution in [0.15, 0.2) is 36.7 Å². The van der Waals surface area contributed by atoms with Gasteiger partial charge in [0.05, 0.1) is 6.10 Å². The highest BCUT2D eigenvalue weighted by molar-refractivity contribution is 5.93. The zero-order valence-corrected chi connectivity index (χ0v) is 15.0. The van der Waals surface area contributed by atoms with E-state index in [1.165, 1.54) is 10.9 Å². The average molecular weight is 390 g/mol. The number of benzene rings is 1. The number of aromatic hydroxyl groups is 1. The molecule has 2 aromatic rings. The molecular formula is C18H22N4O6. The Hall–Kier alpha value is -2.95. The van der Waals surface area contributed by atoms with Crippen molar-refractivity contribution in [2.45, 2.75) is 37.3 Å². The molecule has 10 nitrogen and oxygen atoms in total. The maximum atomic E-state index is 12.1. The number of rotatable bonds is 7. The normalized spacial score (nSPS) is 22.7. The molecule has 4 atom stereocenters. The summed E-state index contributed by atoms with van der Waals surface area (Å²) in [5, 5.41) is 20.2. The van der Waals surface area contributed by atoms with Gasteiger partial charge < -0.3 is 31.2 Å². The smallest absolute Gasteiger partial charge is 0.323 e. The van der Waals surface area contributed by atoms with Gasteiger partial charge in [0.25, 0.3) is 5.91 Å². The van der Waals surface area contributed by atoms with Crippen LogP contribution in [-0.2, 0) is 20.7 Å². The number of ether oxygens (including phenoxy) is 2. The highest BCUT2D eigenvalue weighted by Crippen LogP contribution is 2.32. The Morgan fingerprint density at radius 1 is 1.36 bits per heavy atom. The van der Waals surface area contributed by atoms with Crippen molar-refractivity contribution in [1.82, 2.24) is 9.55 Å². The topological polar surface area (TPSA) is 163 Å². The molecule has 150 valence electrons. The maximum Gasteiger partial charge on any atom is 0.323 e. The molecule has 0 radical (unpaired) electrons. The predicted octanol–water partition coefficient (Wildman–Crippen LogP) is -0.551. The molecule has 28 heavy (non-hydrogen) atoms. The van der Waals surface area contributed by atoms with Crippen molar-refractivity contribution in [2.75, 3.05) is 6.61 Å². The van der Waals surface area contributed by atoms with Gasteiger partial charge in [0, 0.05) is 6.42 Å². The minimum Gasteiger partial charge on any atom is -0.493 e. The largest absolute Gasteiger partial charge is 0.493 e. The van der Waals surface area contributed by atoms with Gasteiger partial charge in [0.2, 0.25) is 5.88 Å². The summed E-state index contributed by atoms with van der Waals surface area (Å²) in [6.45, 7) is -0.197. The van der Waals surface area contributed by atoms with Gasteiger partial charge in [0.1, 0.15) is 31.3 Å². The third-order valence-corrected chi connectivity index (χ3v) is 4.51. The van der Waals surface area contributed by atoms with Crippen LogP contribution in [0.25, 0.3) is 0 Å². The van der Waals surface area contributed by atoms with Crippen LogP contribution in [0.1, 0.15) is 28.7 Å². The second-order valence-corrected chi connectivity index (χ2v) is 6.55. The number of carbonyl (C=O) groups excluding carboxylic acids is 2. The number of aromatic nitrogens is 2. The number of aliphatic hydroxyl groups excluding tert-OH is 1. The first kappa shape index (κ1) is 19.8. The molecule has 1 aromatic carbocycles. The molecule has 0 aliphatic carbocycles. The second-order valence-electron chi connectivity index (χ2n) is 6.55. The maximum absolute atomic E-state index is 12.1. The van der Waals surface area contributed by atoms with Gasteiger partial charge in [-0.2, -0.15) is 0 Å². The fraction of sp³-hybridized carbons (Fsp3) is 0.389. The molecule has 1 aliphatic rings. The summed E-state index contributed by atoms with van der Waals surface area (Å²) in [6, 6.07) is 8.45. The molecule has 2 heterocycles. The summed E-state index contributed by atoms with van der Waals surface area (Å²) >= 11 is 0. The summed E-state index contributed by atoms with van der Waals surface area (Å²) in [4.78, 5) is 27.0. The van der Waals surface area contributed by atoms with Gasteiger partial charge in [-0.05, 0) is 12.0 Å². The van der Waals surface area contributed by atoms with E-state index in [2.05, 4.69) is 4.98 Å². The highest BCUT2D eigenvalue weighted by atomic mass is 16.6. The molecule has 1 fully saturated rings. The van der Waals surface area contributed by atoms with Crippen LogP contribution in [0.4, 0.5) is 0 Å². The lowest BCUT2D eigenvalue weighted by Gasteiger charge is -2.17. The molecule has 1 aliphatic heterocycles. The molecule has 3 rings (SSSR count). The Bertz CT molecular complexity index is 840. The fourth-order valence-corrected chi connectivity index (χ4v) is 3.00. The lowest BCUT2D eigenvalue weighted by atomic mass is 10.1. The van der Waals surface area contributed by atoms with E-state index in [0.717, 1.165) is 5.56 Å². The number of nitrogens with two attached hydrogens (primary N) is 2. The lowest BCUT2D eigenvalue weighted by molar-refractivity contribution is -0.151. The van der Waals surface area contributed by atoms with Crippen molar-refractivity contribution < 1.29 is 29.3 Å². The van der Waals surface area contributed by atoms with E-state index in [0.29, 0.717) is 6.42 Å². The first-order valence-corrected chi connectivity index (χ1v) is 8.72. The molecule has 10 heteroatoms. The van der Waals surface area contributed by atoms with Crippen LogP contribution < -0.4 is 11.5 Å². The van der Waals surface area contributed by atoms with E-state index in [4.69, 9.17) is 20.9 Å². The highest BCUT2D eigenvalue weighted by Gasteiger charge is 2.37. The number of aliphatic hydroxyl groups is 1. The van der Waals surface area contributed by atoms with Gasteiger partial charge >= 0.3 is 5.97 Å². The Balaban J connectivity index is 1.54. The SMILES string of the molecule is NC(=O)c1ncn([C@H]2C[C@H](O)[C@@H](COC(=O)[C@@H](N)Cc3ccccc3)O2)c1O. The van der Waals surface area contributed by atoms with Crippen LogP contribution in [-0.4, -0.2) is 56.5 Å². The number of hydrogen-bond acceptors (Lipinski definition) is 8. The van der Waals surface area contributed by atoms with Crippen LogP contribution in [0, 0.1) is 0 Å². The Kier molecular flexibility index (Phi) is 5.93.